The highest BCUT2D eigenvalue weighted by Crippen LogP contribution is 2.13. The van der Waals surface area contributed by atoms with Crippen molar-refractivity contribution in [3.05, 3.63) is 59.7 Å². The average molecular weight is 385 g/mol. The van der Waals surface area contributed by atoms with Crippen molar-refractivity contribution in [2.45, 2.75) is 31.8 Å². The number of nitrogens with one attached hydrogen (secondary N) is 2. The molecule has 2 aromatic rings. The lowest BCUT2D eigenvalue weighted by Crippen LogP contribution is -2.54. The van der Waals surface area contributed by atoms with Crippen molar-refractivity contribution >= 4 is 17.7 Å². The van der Waals surface area contributed by atoms with Crippen LogP contribution in [-0.2, 0) is 27.2 Å². The molecule has 1 unspecified atom stereocenters. The van der Waals surface area contributed by atoms with Gasteiger partial charge in [0.25, 0.3) is 0 Å². The zero-order chi connectivity index (χ0) is 20.7. The number of phenolic OH excluding ortho intramolecular Hbond substituents is 2. The molecule has 0 saturated heterocycles. The van der Waals surface area contributed by atoms with E-state index in [0.717, 1.165) is 5.56 Å². The van der Waals surface area contributed by atoms with Gasteiger partial charge in [0, 0.05) is 19.8 Å². The second-order valence-corrected chi connectivity index (χ2v) is 6.46. The van der Waals surface area contributed by atoms with E-state index in [1.165, 1.54) is 31.2 Å². The van der Waals surface area contributed by atoms with Gasteiger partial charge in [-0.3, -0.25) is 14.4 Å². The zero-order valence-corrected chi connectivity index (χ0v) is 15.4. The molecule has 0 radical (unpaired) electrons. The summed E-state index contributed by atoms with van der Waals surface area (Å²) >= 11 is 0. The molecule has 2 rings (SSSR count). The molecule has 2 atom stereocenters. The smallest absolute Gasteiger partial charge is 0.243 e. The minimum absolute atomic E-state index is 0.0861. The summed E-state index contributed by atoms with van der Waals surface area (Å²) in [6.45, 7) is 1.29. The highest BCUT2D eigenvalue weighted by Gasteiger charge is 2.25. The number of amides is 3. The molecule has 0 aliphatic heterocycles. The molecule has 0 heterocycles. The second kappa shape index (κ2) is 9.40. The topological polar surface area (TPSA) is 142 Å². The molecule has 2 aromatic carbocycles. The summed E-state index contributed by atoms with van der Waals surface area (Å²) in [6.07, 6.45) is 0.323. The van der Waals surface area contributed by atoms with Crippen LogP contribution in [-0.4, -0.2) is 40.0 Å². The largest absolute Gasteiger partial charge is 0.508 e. The van der Waals surface area contributed by atoms with Crippen LogP contribution in [0.5, 0.6) is 11.5 Å². The highest BCUT2D eigenvalue weighted by molar-refractivity contribution is 5.91. The molecule has 6 N–H and O–H groups in total. The first-order chi connectivity index (χ1) is 13.2. The fourth-order valence-corrected chi connectivity index (χ4v) is 2.69. The van der Waals surface area contributed by atoms with Crippen molar-refractivity contribution in [1.29, 1.82) is 0 Å². The van der Waals surface area contributed by atoms with Crippen LogP contribution in [0.2, 0.25) is 0 Å². The van der Waals surface area contributed by atoms with E-state index in [2.05, 4.69) is 10.6 Å². The van der Waals surface area contributed by atoms with Gasteiger partial charge in [0.15, 0.2) is 0 Å². The summed E-state index contributed by atoms with van der Waals surface area (Å²) in [4.78, 5) is 36.0. The van der Waals surface area contributed by atoms with Gasteiger partial charge >= 0.3 is 0 Å². The molecule has 0 aromatic heterocycles. The third kappa shape index (κ3) is 6.31. The number of nitrogens with two attached hydrogens (primary N) is 1. The summed E-state index contributed by atoms with van der Waals surface area (Å²) in [5.74, 6) is -1.48. The number of hydrogen-bond donors (Lipinski definition) is 5. The lowest BCUT2D eigenvalue weighted by atomic mass is 10.0. The Morgan fingerprint density at radius 3 is 1.64 bits per heavy atom. The highest BCUT2D eigenvalue weighted by atomic mass is 16.3. The number of benzene rings is 2. The number of carbonyl (C=O) groups excluding carboxylic acids is 3. The van der Waals surface area contributed by atoms with E-state index in [1.807, 2.05) is 0 Å². The summed E-state index contributed by atoms with van der Waals surface area (Å²) in [5, 5.41) is 23.8. The predicted octanol–water partition coefficient (Wildman–Crippen LogP) is 0.358. The van der Waals surface area contributed by atoms with Crippen LogP contribution in [0.3, 0.4) is 0 Å². The molecule has 0 saturated carbocycles. The Balaban J connectivity index is 2.11. The van der Waals surface area contributed by atoms with Gasteiger partial charge in [0.1, 0.15) is 23.6 Å². The quantitative estimate of drug-likeness (QED) is 0.446. The van der Waals surface area contributed by atoms with Crippen LogP contribution in [0, 0.1) is 0 Å². The van der Waals surface area contributed by atoms with E-state index < -0.39 is 29.8 Å². The van der Waals surface area contributed by atoms with Crippen LogP contribution >= 0.6 is 0 Å². The van der Waals surface area contributed by atoms with E-state index in [-0.39, 0.29) is 24.3 Å². The Kier molecular flexibility index (Phi) is 6.97. The lowest BCUT2D eigenvalue weighted by Gasteiger charge is -2.22. The van der Waals surface area contributed by atoms with Crippen molar-refractivity contribution in [2.75, 3.05) is 0 Å². The standard InChI is InChI=1S/C20H23N3O5/c1-12(24)22-18(11-14-4-8-16(26)9-5-14)20(28)23-17(19(21)27)10-13-2-6-15(25)7-3-13/h2-9,17-18,25-26H,10-11H2,1H3,(H2,21,27)(H,22,24)(H,23,28)/t17?,18-/m0/s1. The van der Waals surface area contributed by atoms with Crippen LogP contribution < -0.4 is 16.4 Å². The minimum Gasteiger partial charge on any atom is -0.508 e. The first-order valence-electron chi connectivity index (χ1n) is 8.67. The van der Waals surface area contributed by atoms with E-state index in [4.69, 9.17) is 5.73 Å². The third-order valence-electron chi connectivity index (χ3n) is 4.11. The minimum atomic E-state index is -0.979. The van der Waals surface area contributed by atoms with Gasteiger partial charge in [-0.05, 0) is 35.4 Å². The molecule has 3 amide bonds. The van der Waals surface area contributed by atoms with Crippen LogP contribution in [0.15, 0.2) is 48.5 Å². The number of hydrogen-bond acceptors (Lipinski definition) is 5. The van der Waals surface area contributed by atoms with E-state index >= 15 is 0 Å². The van der Waals surface area contributed by atoms with Gasteiger partial charge in [-0.1, -0.05) is 24.3 Å². The fraction of sp³-hybridized carbons (Fsp3) is 0.250. The third-order valence-corrected chi connectivity index (χ3v) is 4.11. The average Bonchev–Trinajstić information content (AvgIpc) is 2.63. The first kappa shape index (κ1) is 20.8. The van der Waals surface area contributed by atoms with E-state index in [0.29, 0.717) is 5.56 Å². The number of primary amides is 1. The fourth-order valence-electron chi connectivity index (χ4n) is 2.69. The maximum atomic E-state index is 12.7. The van der Waals surface area contributed by atoms with Crippen molar-refractivity contribution in [2.24, 2.45) is 5.73 Å². The van der Waals surface area contributed by atoms with Gasteiger partial charge in [-0.15, -0.1) is 0 Å². The first-order valence-corrected chi connectivity index (χ1v) is 8.67. The normalized spacial score (nSPS) is 12.6. The van der Waals surface area contributed by atoms with Crippen LogP contribution in [0.4, 0.5) is 0 Å². The van der Waals surface area contributed by atoms with Crippen molar-refractivity contribution in [1.82, 2.24) is 10.6 Å². The van der Waals surface area contributed by atoms with Gasteiger partial charge in [-0.25, -0.2) is 0 Å². The Hall–Kier alpha value is -3.55. The molecule has 0 aliphatic carbocycles. The van der Waals surface area contributed by atoms with Gasteiger partial charge in [0.05, 0.1) is 0 Å². The van der Waals surface area contributed by atoms with Gasteiger partial charge < -0.3 is 26.6 Å². The Bertz CT molecular complexity index is 834. The molecule has 148 valence electrons. The SMILES string of the molecule is CC(=O)N[C@@H](Cc1ccc(O)cc1)C(=O)NC(Cc1ccc(O)cc1)C(N)=O. The monoisotopic (exact) mass is 385 g/mol. The van der Waals surface area contributed by atoms with Crippen LogP contribution in [0.25, 0.3) is 0 Å². The Morgan fingerprint density at radius 1 is 0.821 bits per heavy atom. The molecule has 0 fully saturated rings. The van der Waals surface area contributed by atoms with E-state index in [1.54, 1.807) is 24.3 Å². The molecule has 0 spiro atoms. The summed E-state index contributed by atoms with van der Waals surface area (Å²) in [7, 11) is 0. The van der Waals surface area contributed by atoms with Gasteiger partial charge in [0.2, 0.25) is 17.7 Å². The maximum Gasteiger partial charge on any atom is 0.243 e. The molecule has 8 heteroatoms. The van der Waals surface area contributed by atoms with Crippen molar-refractivity contribution in [3.8, 4) is 11.5 Å². The van der Waals surface area contributed by atoms with Gasteiger partial charge in [-0.2, -0.15) is 0 Å². The molecular weight excluding hydrogens is 362 g/mol. The molecule has 8 nitrogen and oxygen atoms in total. The van der Waals surface area contributed by atoms with E-state index in [9.17, 15) is 24.6 Å². The number of carbonyl (C=O) groups is 3. The zero-order valence-electron chi connectivity index (χ0n) is 15.4. The summed E-state index contributed by atoms with van der Waals surface area (Å²) in [6, 6.07) is 10.5. The molecule has 0 bridgehead atoms. The van der Waals surface area contributed by atoms with Crippen LogP contribution in [0.1, 0.15) is 18.1 Å². The second-order valence-electron chi connectivity index (χ2n) is 6.46. The number of aromatic hydroxyl groups is 2. The molecule has 0 aliphatic rings. The summed E-state index contributed by atoms with van der Waals surface area (Å²) in [5.41, 5.74) is 6.84. The Morgan fingerprint density at radius 2 is 1.25 bits per heavy atom. The lowest BCUT2D eigenvalue weighted by molar-refractivity contribution is -0.130. The number of rotatable bonds is 8. The Labute approximate surface area is 162 Å². The predicted molar refractivity (Wildman–Crippen MR) is 102 cm³/mol. The van der Waals surface area contributed by atoms with Crippen molar-refractivity contribution < 1.29 is 24.6 Å². The van der Waals surface area contributed by atoms with Crippen molar-refractivity contribution in [3.63, 3.8) is 0 Å². The summed E-state index contributed by atoms with van der Waals surface area (Å²) < 4.78 is 0. The molecular formula is C20H23N3O5. The maximum absolute atomic E-state index is 12.7. The molecule has 28 heavy (non-hydrogen) atoms. The number of phenols is 2.